The molecule has 0 saturated carbocycles. The number of benzene rings is 2. The summed E-state index contributed by atoms with van der Waals surface area (Å²) in [6.45, 7) is 1.06. The van der Waals surface area contributed by atoms with Gasteiger partial charge in [0.05, 0.1) is 16.8 Å². The molecule has 0 aliphatic rings. The molecule has 0 aromatic heterocycles. The fourth-order valence-electron chi connectivity index (χ4n) is 2.34. The molecule has 2 N–H and O–H groups in total. The molecule has 7 nitrogen and oxygen atoms in total. The summed E-state index contributed by atoms with van der Waals surface area (Å²) >= 11 is 11.6. The van der Waals surface area contributed by atoms with Gasteiger partial charge in [0.15, 0.2) is 0 Å². The summed E-state index contributed by atoms with van der Waals surface area (Å²) in [7, 11) is 0. The molecule has 2 rings (SSSR count). The number of rotatable bonds is 9. The number of hydrogen-bond acceptors (Lipinski definition) is 5. The number of carboxylic acids is 2. The van der Waals surface area contributed by atoms with Gasteiger partial charge in [-0.15, -0.1) is 28.3 Å². The Hall–Kier alpha value is -2.64. The van der Waals surface area contributed by atoms with E-state index in [0.29, 0.717) is 36.2 Å². The number of anilines is 1. The van der Waals surface area contributed by atoms with Gasteiger partial charge in [0, 0.05) is 30.5 Å². The van der Waals surface area contributed by atoms with Gasteiger partial charge in [0.25, 0.3) is 0 Å². The Bertz CT molecular complexity index is 835. The first-order chi connectivity index (χ1) is 13.0. The molecule has 0 fully saturated rings. The van der Waals surface area contributed by atoms with E-state index < -0.39 is 11.9 Å². The Morgan fingerprint density at radius 3 is 2.04 bits per heavy atom. The van der Waals surface area contributed by atoms with Crippen LogP contribution in [-0.2, 0) is 0 Å². The largest absolute Gasteiger partial charge is 0.478 e. The Kier molecular flexibility index (Phi) is 7.57. The van der Waals surface area contributed by atoms with Crippen LogP contribution >= 0.6 is 23.2 Å². The third-order valence-electron chi connectivity index (χ3n) is 3.67. The van der Waals surface area contributed by atoms with E-state index in [1.807, 2.05) is 4.90 Å². The minimum Gasteiger partial charge on any atom is -0.478 e. The highest BCUT2D eigenvalue weighted by Crippen LogP contribution is 2.27. The zero-order valence-electron chi connectivity index (χ0n) is 14.2. The SMILES string of the molecule is O=C(O)c1ccc(N=Nc2ccc(N(CCCl)CCCl)cc2C(=O)O)cc1. The molecule has 142 valence electrons. The maximum Gasteiger partial charge on any atom is 0.338 e. The first-order valence-corrected chi connectivity index (χ1v) is 9.02. The lowest BCUT2D eigenvalue weighted by atomic mass is 10.1. The summed E-state index contributed by atoms with van der Waals surface area (Å²) in [4.78, 5) is 24.3. The summed E-state index contributed by atoms with van der Waals surface area (Å²) in [5, 5.41) is 26.3. The monoisotopic (exact) mass is 409 g/mol. The lowest BCUT2D eigenvalue weighted by Crippen LogP contribution is -2.27. The van der Waals surface area contributed by atoms with Crippen molar-refractivity contribution in [2.75, 3.05) is 29.7 Å². The number of hydrogen-bond donors (Lipinski definition) is 2. The highest BCUT2D eigenvalue weighted by atomic mass is 35.5. The molecular formula is C18H17Cl2N3O4. The first kappa shape index (κ1) is 20.7. The van der Waals surface area contributed by atoms with E-state index >= 15 is 0 Å². The molecule has 0 aliphatic heterocycles. The second-order valence-corrected chi connectivity index (χ2v) is 6.18. The molecular weight excluding hydrogens is 393 g/mol. The Morgan fingerprint density at radius 1 is 0.889 bits per heavy atom. The number of aromatic carboxylic acids is 2. The minimum absolute atomic E-state index is 0.00690. The summed E-state index contributed by atoms with van der Waals surface area (Å²) < 4.78 is 0. The van der Waals surface area contributed by atoms with Gasteiger partial charge in [-0.25, -0.2) is 9.59 Å². The van der Waals surface area contributed by atoms with Crippen molar-refractivity contribution < 1.29 is 19.8 Å². The second-order valence-electron chi connectivity index (χ2n) is 5.42. The predicted molar refractivity (Wildman–Crippen MR) is 105 cm³/mol. The van der Waals surface area contributed by atoms with Crippen molar-refractivity contribution >= 4 is 52.2 Å². The van der Waals surface area contributed by atoms with E-state index in [1.165, 1.54) is 30.3 Å². The van der Waals surface area contributed by atoms with Crippen molar-refractivity contribution in [3.05, 3.63) is 53.6 Å². The van der Waals surface area contributed by atoms with Crippen LogP contribution in [0.25, 0.3) is 0 Å². The van der Waals surface area contributed by atoms with E-state index in [0.717, 1.165) is 0 Å². The zero-order chi connectivity index (χ0) is 19.8. The molecule has 0 saturated heterocycles. The number of azo groups is 1. The number of alkyl halides is 2. The molecule has 2 aromatic carbocycles. The molecule has 0 atom stereocenters. The zero-order valence-corrected chi connectivity index (χ0v) is 15.7. The van der Waals surface area contributed by atoms with Crippen LogP contribution in [-0.4, -0.2) is 47.0 Å². The lowest BCUT2D eigenvalue weighted by Gasteiger charge is -2.23. The second kappa shape index (κ2) is 9.89. The fourth-order valence-corrected chi connectivity index (χ4v) is 2.74. The fraction of sp³-hybridized carbons (Fsp3) is 0.222. The highest BCUT2D eigenvalue weighted by Gasteiger charge is 2.14. The lowest BCUT2D eigenvalue weighted by molar-refractivity contribution is 0.0686. The van der Waals surface area contributed by atoms with E-state index in [9.17, 15) is 14.7 Å². The van der Waals surface area contributed by atoms with Crippen LogP contribution in [0.3, 0.4) is 0 Å². The average molecular weight is 410 g/mol. The highest BCUT2D eigenvalue weighted by molar-refractivity contribution is 6.18. The van der Waals surface area contributed by atoms with E-state index in [4.69, 9.17) is 28.3 Å². The third kappa shape index (κ3) is 5.67. The summed E-state index contributed by atoms with van der Waals surface area (Å²) in [6.07, 6.45) is 0. The average Bonchev–Trinajstić information content (AvgIpc) is 2.66. The summed E-state index contributed by atoms with van der Waals surface area (Å²) in [5.41, 5.74) is 1.39. The normalized spacial score (nSPS) is 10.9. The smallest absolute Gasteiger partial charge is 0.338 e. The van der Waals surface area contributed by atoms with Gasteiger partial charge < -0.3 is 15.1 Å². The van der Waals surface area contributed by atoms with Gasteiger partial charge in [-0.1, -0.05) is 0 Å². The van der Waals surface area contributed by atoms with Crippen LogP contribution in [0.1, 0.15) is 20.7 Å². The predicted octanol–water partition coefficient (Wildman–Crippen LogP) is 4.78. The number of carbonyl (C=O) groups is 2. The van der Waals surface area contributed by atoms with Crippen LogP contribution in [0.2, 0.25) is 0 Å². The number of halogens is 2. The molecule has 2 aromatic rings. The third-order valence-corrected chi connectivity index (χ3v) is 4.01. The molecule has 0 bridgehead atoms. The Balaban J connectivity index is 2.30. The molecule has 9 heteroatoms. The van der Waals surface area contributed by atoms with Gasteiger partial charge in [-0.05, 0) is 42.5 Å². The van der Waals surface area contributed by atoms with E-state index in [1.54, 1.807) is 12.1 Å². The molecule has 0 heterocycles. The molecule has 0 spiro atoms. The quantitative estimate of drug-likeness (QED) is 0.457. The van der Waals surface area contributed by atoms with Gasteiger partial charge >= 0.3 is 11.9 Å². The Morgan fingerprint density at radius 2 is 1.52 bits per heavy atom. The maximum absolute atomic E-state index is 11.6. The van der Waals surface area contributed by atoms with Gasteiger partial charge in [-0.2, -0.15) is 5.11 Å². The number of carboxylic acid groups (broad SMARTS) is 2. The topological polar surface area (TPSA) is 103 Å². The number of nitrogens with zero attached hydrogens (tertiary/aromatic N) is 3. The molecule has 0 unspecified atom stereocenters. The molecule has 27 heavy (non-hydrogen) atoms. The summed E-state index contributed by atoms with van der Waals surface area (Å²) in [5.74, 6) is -1.41. The van der Waals surface area contributed by atoms with E-state index in [-0.39, 0.29) is 16.8 Å². The maximum atomic E-state index is 11.6. The van der Waals surface area contributed by atoms with Gasteiger partial charge in [0.2, 0.25) is 0 Å². The first-order valence-electron chi connectivity index (χ1n) is 7.95. The van der Waals surface area contributed by atoms with Crippen molar-refractivity contribution in [3.8, 4) is 0 Å². The van der Waals surface area contributed by atoms with Crippen molar-refractivity contribution in [2.45, 2.75) is 0 Å². The minimum atomic E-state index is -1.14. The van der Waals surface area contributed by atoms with Crippen molar-refractivity contribution in [3.63, 3.8) is 0 Å². The van der Waals surface area contributed by atoms with Crippen molar-refractivity contribution in [1.29, 1.82) is 0 Å². The Labute approximate surface area is 165 Å². The van der Waals surface area contributed by atoms with E-state index in [2.05, 4.69) is 10.2 Å². The molecule has 0 amide bonds. The van der Waals surface area contributed by atoms with Crippen LogP contribution in [0.5, 0.6) is 0 Å². The van der Waals surface area contributed by atoms with Crippen molar-refractivity contribution in [1.82, 2.24) is 0 Å². The van der Waals surface area contributed by atoms with Crippen LogP contribution < -0.4 is 4.90 Å². The van der Waals surface area contributed by atoms with Crippen LogP contribution in [0.15, 0.2) is 52.7 Å². The van der Waals surface area contributed by atoms with Crippen LogP contribution in [0, 0.1) is 0 Å². The van der Waals surface area contributed by atoms with Crippen LogP contribution in [0.4, 0.5) is 17.1 Å². The van der Waals surface area contributed by atoms with Gasteiger partial charge in [0.1, 0.15) is 5.69 Å². The molecule has 0 aliphatic carbocycles. The standard InChI is InChI=1S/C18H17Cl2N3O4/c19-7-9-23(10-8-20)14-5-6-16(15(11-14)18(26)27)22-21-13-3-1-12(2-4-13)17(24)25/h1-6,11H,7-10H2,(H,24,25)(H,26,27). The molecule has 0 radical (unpaired) electrons. The summed E-state index contributed by atoms with van der Waals surface area (Å²) in [6, 6.07) is 10.6. The van der Waals surface area contributed by atoms with Gasteiger partial charge in [-0.3, -0.25) is 0 Å². The van der Waals surface area contributed by atoms with Crippen molar-refractivity contribution in [2.24, 2.45) is 10.2 Å².